The van der Waals surface area contributed by atoms with Gasteiger partial charge in [0.15, 0.2) is 12.7 Å². The lowest BCUT2D eigenvalue weighted by Crippen LogP contribution is -2.37. The largest absolute Gasteiger partial charge is 0.492 e. The van der Waals surface area contributed by atoms with Crippen molar-refractivity contribution in [1.29, 1.82) is 0 Å². The second-order valence-corrected chi connectivity index (χ2v) is 7.56. The van der Waals surface area contributed by atoms with Crippen LogP contribution in [0.5, 0.6) is 5.75 Å². The number of ether oxygens (including phenoxy) is 3. The number of nitrogens with zero attached hydrogens (tertiary/aromatic N) is 1. The highest BCUT2D eigenvalue weighted by atomic mass is 19.4. The Kier molecular flexibility index (Phi) is 12.7. The van der Waals surface area contributed by atoms with E-state index in [0.717, 1.165) is 4.90 Å². The molecule has 1 N–H and O–H groups in total. The first-order chi connectivity index (χ1) is 16.3. The third kappa shape index (κ3) is 14.3. The zero-order valence-corrected chi connectivity index (χ0v) is 19.2. The molecule has 13 heteroatoms. The van der Waals surface area contributed by atoms with Crippen LogP contribution in [0, 0.1) is 0 Å². The van der Waals surface area contributed by atoms with Gasteiger partial charge < -0.3 is 24.2 Å². The first kappa shape index (κ1) is 30.3. The number of amides is 1. The number of hydrogen-bond donors (Lipinski definition) is 1. The van der Waals surface area contributed by atoms with Crippen LogP contribution in [0.1, 0.15) is 38.2 Å². The molecule has 0 spiro atoms. The van der Waals surface area contributed by atoms with Crippen molar-refractivity contribution < 1.29 is 55.2 Å². The number of carbonyl (C=O) groups is 2. The molecule has 1 unspecified atom stereocenters. The molecule has 1 atom stereocenters. The molecule has 0 saturated heterocycles. The number of rotatable bonds is 15. The Balaban J connectivity index is 2.59. The van der Waals surface area contributed by atoms with Crippen molar-refractivity contribution in [1.82, 2.24) is 4.90 Å². The van der Waals surface area contributed by atoms with Gasteiger partial charge in [0.05, 0.1) is 6.54 Å². The average Bonchev–Trinajstić information content (AvgIpc) is 2.75. The molecule has 0 heterocycles. The van der Waals surface area contributed by atoms with Crippen LogP contribution >= 0.6 is 0 Å². The summed E-state index contributed by atoms with van der Waals surface area (Å²) in [4.78, 5) is 24.1. The lowest BCUT2D eigenvalue weighted by atomic mass is 10.1. The molecule has 200 valence electrons. The maximum atomic E-state index is 12.3. The van der Waals surface area contributed by atoms with E-state index in [4.69, 9.17) is 14.6 Å². The van der Waals surface area contributed by atoms with Crippen LogP contribution in [0.25, 0.3) is 0 Å². The van der Waals surface area contributed by atoms with E-state index in [1.807, 2.05) is 0 Å². The highest BCUT2D eigenvalue weighted by Gasteiger charge is 2.31. The number of alkyl halides is 6. The van der Waals surface area contributed by atoms with Gasteiger partial charge in [-0.15, -0.1) is 0 Å². The maximum absolute atomic E-state index is 12.3. The Morgan fingerprint density at radius 1 is 0.971 bits per heavy atom. The molecule has 0 saturated carbocycles. The fourth-order valence-corrected chi connectivity index (χ4v) is 2.96. The Morgan fingerprint density at radius 3 is 2.17 bits per heavy atom. The summed E-state index contributed by atoms with van der Waals surface area (Å²) in [6.07, 6.45) is -12.0. The van der Waals surface area contributed by atoms with Crippen molar-refractivity contribution in [2.24, 2.45) is 0 Å². The molecule has 1 amide bonds. The lowest BCUT2D eigenvalue weighted by Gasteiger charge is -2.22. The van der Waals surface area contributed by atoms with Crippen LogP contribution < -0.4 is 4.74 Å². The van der Waals surface area contributed by atoms with E-state index in [1.54, 1.807) is 31.2 Å². The average molecular weight is 517 g/mol. The number of aliphatic carboxylic acids is 1. The number of unbranched alkanes of at least 4 members (excludes halogenated alkanes) is 2. The summed E-state index contributed by atoms with van der Waals surface area (Å²) < 4.78 is 88.6. The molecule has 35 heavy (non-hydrogen) atoms. The molecule has 0 radical (unpaired) electrons. The number of carbonyl (C=O) groups excluding carboxylic acids is 1. The number of hydrogen-bond acceptors (Lipinski definition) is 5. The molecule has 0 fully saturated rings. The van der Waals surface area contributed by atoms with Gasteiger partial charge in [-0.05, 0) is 37.5 Å². The van der Waals surface area contributed by atoms with Gasteiger partial charge in [0.2, 0.25) is 0 Å². The van der Waals surface area contributed by atoms with E-state index in [1.165, 1.54) is 0 Å². The van der Waals surface area contributed by atoms with E-state index < -0.39 is 43.5 Å². The van der Waals surface area contributed by atoms with E-state index in [9.17, 15) is 35.9 Å². The zero-order chi connectivity index (χ0) is 26.5. The second kappa shape index (κ2) is 14.6. The maximum Gasteiger partial charge on any atom is 0.422 e. The lowest BCUT2D eigenvalue weighted by molar-refractivity contribution is -0.162. The van der Waals surface area contributed by atoms with E-state index in [0.29, 0.717) is 11.3 Å². The van der Waals surface area contributed by atoms with Crippen molar-refractivity contribution in [2.45, 2.75) is 57.5 Å². The van der Waals surface area contributed by atoms with Gasteiger partial charge in [-0.25, -0.2) is 9.59 Å². The first-order valence-corrected chi connectivity index (χ1v) is 10.9. The summed E-state index contributed by atoms with van der Waals surface area (Å²) in [6.45, 7) is -0.217. The van der Waals surface area contributed by atoms with Crippen LogP contribution in [0.3, 0.4) is 0 Å². The Hall–Kier alpha value is -2.70. The third-order valence-electron chi connectivity index (χ3n) is 4.62. The number of halogens is 6. The predicted octanol–water partition coefficient (Wildman–Crippen LogP) is 5.22. The van der Waals surface area contributed by atoms with Crippen LogP contribution in [0.2, 0.25) is 0 Å². The summed E-state index contributed by atoms with van der Waals surface area (Å²) in [6, 6.07) is 6.37. The van der Waals surface area contributed by atoms with E-state index in [-0.39, 0.29) is 52.0 Å². The van der Waals surface area contributed by atoms with Crippen LogP contribution in [0.15, 0.2) is 24.3 Å². The molecular weight excluding hydrogens is 488 g/mol. The van der Waals surface area contributed by atoms with E-state index >= 15 is 0 Å². The molecule has 0 aliphatic carbocycles. The summed E-state index contributed by atoms with van der Waals surface area (Å²) >= 11 is 0. The molecule has 1 aromatic carbocycles. The van der Waals surface area contributed by atoms with Gasteiger partial charge in [-0.2, -0.15) is 26.3 Å². The SMILES string of the molecule is CCOC(Cc1ccc(OCCN(CCCCCC(F)(F)F)C(=O)OCC(F)(F)F)cc1)C(=O)O. The zero-order valence-electron chi connectivity index (χ0n) is 19.2. The van der Waals surface area contributed by atoms with Crippen LogP contribution in [-0.4, -0.2) is 73.4 Å². The third-order valence-corrected chi connectivity index (χ3v) is 4.62. The summed E-state index contributed by atoms with van der Waals surface area (Å²) in [5, 5.41) is 9.14. The predicted molar refractivity (Wildman–Crippen MR) is 112 cm³/mol. The first-order valence-electron chi connectivity index (χ1n) is 10.9. The molecule has 7 nitrogen and oxygen atoms in total. The molecule has 1 aromatic rings. The number of benzene rings is 1. The van der Waals surface area contributed by atoms with Crippen LogP contribution in [0.4, 0.5) is 31.1 Å². The van der Waals surface area contributed by atoms with Gasteiger partial charge in [0, 0.05) is 26.0 Å². The summed E-state index contributed by atoms with van der Waals surface area (Å²) in [5.74, 6) is -0.728. The van der Waals surface area contributed by atoms with Crippen molar-refractivity contribution in [2.75, 3.05) is 32.9 Å². The monoisotopic (exact) mass is 517 g/mol. The Labute approximate surface area is 198 Å². The van der Waals surface area contributed by atoms with Crippen molar-refractivity contribution in [3.63, 3.8) is 0 Å². The highest BCUT2D eigenvalue weighted by Crippen LogP contribution is 2.23. The quantitative estimate of drug-likeness (QED) is 0.254. The van der Waals surface area contributed by atoms with Gasteiger partial charge in [-0.3, -0.25) is 0 Å². The highest BCUT2D eigenvalue weighted by molar-refractivity contribution is 5.72. The molecule has 1 rings (SSSR count). The Bertz CT molecular complexity index is 769. The van der Waals surface area contributed by atoms with Gasteiger partial charge in [-0.1, -0.05) is 18.6 Å². The fourth-order valence-electron chi connectivity index (χ4n) is 2.96. The smallest absolute Gasteiger partial charge is 0.422 e. The molecule has 0 aromatic heterocycles. The minimum Gasteiger partial charge on any atom is -0.492 e. The summed E-state index contributed by atoms with van der Waals surface area (Å²) in [7, 11) is 0. The van der Waals surface area contributed by atoms with Crippen molar-refractivity contribution in [3.8, 4) is 5.75 Å². The minimum absolute atomic E-state index is 0.0924. The summed E-state index contributed by atoms with van der Waals surface area (Å²) in [5.41, 5.74) is 0.675. The van der Waals surface area contributed by atoms with Gasteiger partial charge >= 0.3 is 24.4 Å². The molecule has 0 aliphatic rings. The number of carboxylic acids is 1. The molecular formula is C22H29F6NO6. The van der Waals surface area contributed by atoms with Gasteiger partial charge in [0.25, 0.3) is 0 Å². The van der Waals surface area contributed by atoms with Crippen molar-refractivity contribution in [3.05, 3.63) is 29.8 Å². The number of carboxylic acid groups (broad SMARTS) is 1. The topological polar surface area (TPSA) is 85.3 Å². The standard InChI is InChI=1S/C22H29F6NO6/c1-2-33-18(19(30)31)14-16-6-8-17(9-7-16)34-13-12-29(20(32)35-15-22(26,27)28)11-5-3-4-10-21(23,24)25/h6-9,18H,2-5,10-15H2,1H3,(H,30,31). The second-order valence-electron chi connectivity index (χ2n) is 7.56. The van der Waals surface area contributed by atoms with Gasteiger partial charge in [0.1, 0.15) is 12.4 Å². The van der Waals surface area contributed by atoms with Crippen LogP contribution in [-0.2, 0) is 20.7 Å². The minimum atomic E-state index is -4.71. The van der Waals surface area contributed by atoms with E-state index in [2.05, 4.69) is 4.74 Å². The fraction of sp³-hybridized carbons (Fsp3) is 0.636. The van der Waals surface area contributed by atoms with Crippen molar-refractivity contribution >= 4 is 12.1 Å². The Morgan fingerprint density at radius 2 is 1.63 bits per heavy atom. The normalized spacial score (nSPS) is 12.8. The molecule has 0 aliphatic heterocycles. The molecule has 0 bridgehead atoms.